The molecule has 0 aliphatic carbocycles. The maximum atomic E-state index is 11.8. The van der Waals surface area contributed by atoms with Crippen molar-refractivity contribution in [2.75, 3.05) is 13.1 Å². The average Bonchev–Trinajstić information content (AvgIpc) is 2.27. The first-order valence-electron chi connectivity index (χ1n) is 4.77. The van der Waals surface area contributed by atoms with Crippen LogP contribution < -0.4 is 4.83 Å². The van der Waals surface area contributed by atoms with Crippen LogP contribution in [0.4, 0.5) is 0 Å². The highest BCUT2D eigenvalue weighted by Crippen LogP contribution is 2.05. The number of hydrogen-bond acceptors (Lipinski definition) is 4. The van der Waals surface area contributed by atoms with E-state index in [9.17, 15) is 8.42 Å². The Balaban J connectivity index is 2.85. The Bertz CT molecular complexity index is 387. The van der Waals surface area contributed by atoms with Gasteiger partial charge in [0.15, 0.2) is 0 Å². The maximum absolute atomic E-state index is 11.8. The van der Waals surface area contributed by atoms with Gasteiger partial charge in [-0.1, -0.05) is 13.8 Å². The van der Waals surface area contributed by atoms with Crippen molar-refractivity contribution >= 4 is 10.0 Å². The molecule has 84 valence electrons. The van der Waals surface area contributed by atoms with E-state index < -0.39 is 10.0 Å². The molecule has 0 saturated carbocycles. The Kier molecular flexibility index (Phi) is 4.19. The van der Waals surface area contributed by atoms with Crippen molar-refractivity contribution in [3.05, 3.63) is 24.5 Å². The molecule has 0 amide bonds. The molecular formula is C9H15N3O2S. The molecule has 1 aromatic rings. The number of aromatic nitrogens is 1. The van der Waals surface area contributed by atoms with Crippen LogP contribution in [0.5, 0.6) is 0 Å². The lowest BCUT2D eigenvalue weighted by Gasteiger charge is -2.18. The lowest BCUT2D eigenvalue weighted by atomic mass is 10.5. The predicted octanol–water partition coefficient (Wildman–Crippen LogP) is 0.617. The largest absolute Gasteiger partial charge is 0.263 e. The molecule has 0 aromatic carbocycles. The average molecular weight is 229 g/mol. The molecule has 0 bridgehead atoms. The third-order valence-corrected chi connectivity index (χ3v) is 3.32. The van der Waals surface area contributed by atoms with E-state index in [2.05, 4.69) is 9.82 Å². The fourth-order valence-electron chi connectivity index (χ4n) is 1.08. The van der Waals surface area contributed by atoms with E-state index in [1.54, 1.807) is 11.1 Å². The van der Waals surface area contributed by atoms with Crippen molar-refractivity contribution in [2.45, 2.75) is 18.7 Å². The normalized spacial score (nSPS) is 11.9. The number of hydrazine groups is 1. The zero-order chi connectivity index (χ0) is 11.3. The van der Waals surface area contributed by atoms with Crippen molar-refractivity contribution in [2.24, 2.45) is 0 Å². The summed E-state index contributed by atoms with van der Waals surface area (Å²) in [4.78, 5) is 6.42. The minimum atomic E-state index is -3.47. The summed E-state index contributed by atoms with van der Waals surface area (Å²) in [6.45, 7) is 5.01. The van der Waals surface area contributed by atoms with E-state index in [-0.39, 0.29) is 4.90 Å². The molecule has 0 unspecified atom stereocenters. The smallest absolute Gasteiger partial charge is 0.254 e. The summed E-state index contributed by atoms with van der Waals surface area (Å²) in [5, 5.41) is 1.61. The molecule has 0 radical (unpaired) electrons. The van der Waals surface area contributed by atoms with Gasteiger partial charge in [0.25, 0.3) is 10.0 Å². The summed E-state index contributed by atoms with van der Waals surface area (Å²) in [5.74, 6) is 0. The first-order valence-corrected chi connectivity index (χ1v) is 6.26. The number of hydrogen-bond donors (Lipinski definition) is 1. The van der Waals surface area contributed by atoms with E-state index in [4.69, 9.17) is 0 Å². The molecule has 0 aliphatic heterocycles. The summed E-state index contributed by atoms with van der Waals surface area (Å²) in [7, 11) is -3.47. The van der Waals surface area contributed by atoms with Crippen molar-refractivity contribution in [1.82, 2.24) is 14.8 Å². The van der Waals surface area contributed by atoms with Crippen LogP contribution in [0.3, 0.4) is 0 Å². The standard InChI is InChI=1S/C9H15N3O2S/c1-3-12(4-2)11-15(13,14)9-6-5-7-10-8-9/h5-8,11H,3-4H2,1-2H3. The highest BCUT2D eigenvalue weighted by Gasteiger charge is 2.16. The van der Waals surface area contributed by atoms with Gasteiger partial charge in [-0.3, -0.25) is 4.98 Å². The van der Waals surface area contributed by atoms with Gasteiger partial charge in [-0.05, 0) is 12.1 Å². The zero-order valence-corrected chi connectivity index (χ0v) is 9.66. The molecule has 0 aliphatic rings. The van der Waals surface area contributed by atoms with Crippen molar-refractivity contribution in [1.29, 1.82) is 0 Å². The molecule has 0 spiro atoms. The summed E-state index contributed by atoms with van der Waals surface area (Å²) >= 11 is 0. The van der Waals surface area contributed by atoms with Crippen molar-refractivity contribution in [3.63, 3.8) is 0 Å². The fourth-order valence-corrected chi connectivity index (χ4v) is 2.24. The summed E-state index contributed by atoms with van der Waals surface area (Å²) in [6.07, 6.45) is 2.86. The topological polar surface area (TPSA) is 62.3 Å². The lowest BCUT2D eigenvalue weighted by molar-refractivity contribution is 0.268. The Morgan fingerprint density at radius 2 is 2.07 bits per heavy atom. The zero-order valence-electron chi connectivity index (χ0n) is 8.84. The van der Waals surface area contributed by atoms with Crippen LogP contribution in [0.15, 0.2) is 29.4 Å². The fraction of sp³-hybridized carbons (Fsp3) is 0.444. The van der Waals surface area contributed by atoms with Crippen LogP contribution in [0.2, 0.25) is 0 Å². The minimum absolute atomic E-state index is 0.178. The first kappa shape index (κ1) is 12.1. The third-order valence-electron chi connectivity index (χ3n) is 1.96. The van der Waals surface area contributed by atoms with Gasteiger partial charge in [0, 0.05) is 25.5 Å². The molecule has 1 aromatic heterocycles. The van der Waals surface area contributed by atoms with Gasteiger partial charge in [-0.15, -0.1) is 4.83 Å². The van der Waals surface area contributed by atoms with E-state index in [0.717, 1.165) is 0 Å². The number of rotatable bonds is 5. The number of sulfonamides is 1. The molecule has 1 heterocycles. The highest BCUT2D eigenvalue weighted by atomic mass is 32.2. The van der Waals surface area contributed by atoms with Crippen LogP contribution in [0.25, 0.3) is 0 Å². The van der Waals surface area contributed by atoms with Crippen LogP contribution in [0, 0.1) is 0 Å². The Morgan fingerprint density at radius 3 is 2.53 bits per heavy atom. The first-order chi connectivity index (χ1) is 7.10. The highest BCUT2D eigenvalue weighted by molar-refractivity contribution is 7.89. The Labute approximate surface area is 90.2 Å². The van der Waals surface area contributed by atoms with E-state index in [1.165, 1.54) is 18.5 Å². The minimum Gasteiger partial charge on any atom is -0.263 e. The van der Waals surface area contributed by atoms with Gasteiger partial charge < -0.3 is 0 Å². The number of pyridine rings is 1. The second-order valence-corrected chi connectivity index (χ2v) is 4.62. The van der Waals surface area contributed by atoms with Gasteiger partial charge in [0.1, 0.15) is 4.90 Å². The van der Waals surface area contributed by atoms with Gasteiger partial charge in [-0.2, -0.15) is 0 Å². The summed E-state index contributed by atoms with van der Waals surface area (Å²) < 4.78 is 23.5. The predicted molar refractivity (Wildman–Crippen MR) is 57.5 cm³/mol. The van der Waals surface area contributed by atoms with Crippen molar-refractivity contribution < 1.29 is 8.42 Å². The van der Waals surface area contributed by atoms with Gasteiger partial charge in [0.2, 0.25) is 0 Å². The Morgan fingerprint density at radius 1 is 1.40 bits per heavy atom. The van der Waals surface area contributed by atoms with E-state index in [0.29, 0.717) is 13.1 Å². The van der Waals surface area contributed by atoms with Crippen LogP contribution in [0.1, 0.15) is 13.8 Å². The number of nitrogens with zero attached hydrogens (tertiary/aromatic N) is 2. The summed E-state index contributed by atoms with van der Waals surface area (Å²) in [6, 6.07) is 3.11. The second-order valence-electron chi connectivity index (χ2n) is 2.96. The van der Waals surface area contributed by atoms with E-state index >= 15 is 0 Å². The van der Waals surface area contributed by atoms with Gasteiger partial charge in [-0.25, -0.2) is 13.4 Å². The molecule has 1 rings (SSSR count). The summed E-state index contributed by atoms with van der Waals surface area (Å²) in [5.41, 5.74) is 0. The quantitative estimate of drug-likeness (QED) is 0.752. The van der Waals surface area contributed by atoms with Gasteiger partial charge >= 0.3 is 0 Å². The number of nitrogens with one attached hydrogen (secondary N) is 1. The third kappa shape index (κ3) is 3.26. The molecule has 6 heteroatoms. The van der Waals surface area contributed by atoms with Crippen LogP contribution >= 0.6 is 0 Å². The molecular weight excluding hydrogens is 214 g/mol. The molecule has 0 saturated heterocycles. The molecule has 0 atom stereocenters. The molecule has 0 fully saturated rings. The molecule has 5 nitrogen and oxygen atoms in total. The molecule has 15 heavy (non-hydrogen) atoms. The van der Waals surface area contributed by atoms with Crippen molar-refractivity contribution in [3.8, 4) is 0 Å². The lowest BCUT2D eigenvalue weighted by Crippen LogP contribution is -2.41. The monoisotopic (exact) mass is 229 g/mol. The SMILES string of the molecule is CCN(CC)NS(=O)(=O)c1cccnc1. The van der Waals surface area contributed by atoms with Crippen LogP contribution in [-0.4, -0.2) is 31.5 Å². The Hall–Kier alpha value is -0.980. The van der Waals surface area contributed by atoms with Gasteiger partial charge in [0.05, 0.1) is 0 Å². The second kappa shape index (κ2) is 5.20. The maximum Gasteiger partial charge on any atom is 0.254 e. The van der Waals surface area contributed by atoms with E-state index in [1.807, 2.05) is 13.8 Å². The van der Waals surface area contributed by atoms with Crippen LogP contribution in [-0.2, 0) is 10.0 Å². The molecule has 1 N–H and O–H groups in total.